The van der Waals surface area contributed by atoms with E-state index >= 15 is 0 Å². The Bertz CT molecular complexity index is 1140. The van der Waals surface area contributed by atoms with Gasteiger partial charge in [-0.2, -0.15) is 5.10 Å². The van der Waals surface area contributed by atoms with E-state index < -0.39 is 5.91 Å². The molecule has 0 bridgehead atoms. The summed E-state index contributed by atoms with van der Waals surface area (Å²) in [5.74, 6) is 0.107. The average molecular weight is 396 g/mol. The van der Waals surface area contributed by atoms with Crippen LogP contribution in [0.5, 0.6) is 0 Å². The number of carbonyl (C=O) groups excluding carboxylic acids is 1. The summed E-state index contributed by atoms with van der Waals surface area (Å²) in [6.45, 7) is 1.79. The van der Waals surface area contributed by atoms with E-state index in [1.165, 1.54) is 0 Å². The maximum Gasteiger partial charge on any atom is 0.311 e. The molecule has 7 nitrogen and oxygen atoms in total. The lowest BCUT2D eigenvalue weighted by molar-refractivity contribution is 0.0944. The maximum absolute atomic E-state index is 12.7. The minimum Gasteiger partial charge on any atom is -0.399 e. The summed E-state index contributed by atoms with van der Waals surface area (Å²) in [4.78, 5) is 17.2. The molecule has 4 rings (SSSR count). The van der Waals surface area contributed by atoms with Gasteiger partial charge in [0.05, 0.1) is 11.4 Å². The Morgan fingerprint density at radius 3 is 2.37 bits per heavy atom. The standard InChI is InChI=1S/C23H20N6O/c1-16(18-11-8-12-19(24)15-18)26-27-23(30)21-25-22(17-9-4-2-5-10-17)29(28-21)20-13-6-3-7-14-20/h2-15H,24H2,1H3,(H,27,30)/b26-16+. The van der Waals surface area contributed by atoms with E-state index in [9.17, 15) is 4.79 Å². The Morgan fingerprint density at radius 1 is 0.967 bits per heavy atom. The minimum absolute atomic E-state index is 0.0295. The van der Waals surface area contributed by atoms with Crippen LogP contribution in [0.1, 0.15) is 23.1 Å². The van der Waals surface area contributed by atoms with Crippen LogP contribution in [-0.2, 0) is 0 Å². The molecule has 7 heteroatoms. The molecule has 3 aromatic carbocycles. The molecule has 0 aliphatic carbocycles. The van der Waals surface area contributed by atoms with Gasteiger partial charge in [0, 0.05) is 11.3 Å². The third-order valence-electron chi connectivity index (χ3n) is 4.47. The number of benzene rings is 3. The molecule has 1 aromatic heterocycles. The topological polar surface area (TPSA) is 98.2 Å². The summed E-state index contributed by atoms with van der Waals surface area (Å²) >= 11 is 0. The normalized spacial score (nSPS) is 11.3. The van der Waals surface area contributed by atoms with Gasteiger partial charge in [0.1, 0.15) is 0 Å². The highest BCUT2D eigenvalue weighted by atomic mass is 16.2. The van der Waals surface area contributed by atoms with Crippen molar-refractivity contribution in [3.63, 3.8) is 0 Å². The zero-order chi connectivity index (χ0) is 20.9. The Balaban J connectivity index is 1.65. The molecule has 0 radical (unpaired) electrons. The molecule has 1 amide bonds. The van der Waals surface area contributed by atoms with Gasteiger partial charge < -0.3 is 5.73 Å². The molecule has 0 spiro atoms. The van der Waals surface area contributed by atoms with Gasteiger partial charge in [-0.15, -0.1) is 5.10 Å². The summed E-state index contributed by atoms with van der Waals surface area (Å²) in [5.41, 5.74) is 12.1. The van der Waals surface area contributed by atoms with Gasteiger partial charge >= 0.3 is 5.91 Å². The lowest BCUT2D eigenvalue weighted by Gasteiger charge is -2.05. The quantitative estimate of drug-likeness (QED) is 0.305. The zero-order valence-corrected chi connectivity index (χ0v) is 16.4. The molecule has 148 valence electrons. The van der Waals surface area contributed by atoms with Crippen molar-refractivity contribution in [1.82, 2.24) is 20.2 Å². The first-order valence-electron chi connectivity index (χ1n) is 9.40. The first-order chi connectivity index (χ1) is 14.6. The lowest BCUT2D eigenvalue weighted by atomic mass is 10.1. The molecule has 1 heterocycles. The van der Waals surface area contributed by atoms with Crippen LogP contribution in [0.2, 0.25) is 0 Å². The second-order valence-corrected chi connectivity index (χ2v) is 6.64. The summed E-state index contributed by atoms with van der Waals surface area (Å²) in [7, 11) is 0. The van der Waals surface area contributed by atoms with Crippen molar-refractivity contribution in [1.29, 1.82) is 0 Å². The lowest BCUT2D eigenvalue weighted by Crippen LogP contribution is -2.21. The number of nitrogens with zero attached hydrogens (tertiary/aromatic N) is 4. The molecule has 0 atom stereocenters. The largest absolute Gasteiger partial charge is 0.399 e. The fourth-order valence-electron chi connectivity index (χ4n) is 2.94. The third kappa shape index (κ3) is 4.10. The number of carbonyl (C=O) groups is 1. The van der Waals surface area contributed by atoms with Crippen LogP contribution >= 0.6 is 0 Å². The highest BCUT2D eigenvalue weighted by Crippen LogP contribution is 2.21. The van der Waals surface area contributed by atoms with E-state index in [-0.39, 0.29) is 5.82 Å². The van der Waals surface area contributed by atoms with Gasteiger partial charge in [0.25, 0.3) is 0 Å². The van der Waals surface area contributed by atoms with Crippen molar-refractivity contribution in [3.8, 4) is 17.1 Å². The molecule has 0 saturated carbocycles. The van der Waals surface area contributed by atoms with Crippen molar-refractivity contribution < 1.29 is 4.79 Å². The number of rotatable bonds is 5. The minimum atomic E-state index is -0.495. The number of para-hydroxylation sites is 1. The third-order valence-corrected chi connectivity index (χ3v) is 4.47. The molecule has 0 fully saturated rings. The van der Waals surface area contributed by atoms with E-state index in [2.05, 4.69) is 20.6 Å². The van der Waals surface area contributed by atoms with Crippen molar-refractivity contribution in [2.24, 2.45) is 5.10 Å². The van der Waals surface area contributed by atoms with Crippen molar-refractivity contribution >= 4 is 17.3 Å². The van der Waals surface area contributed by atoms with Crippen LogP contribution in [0.3, 0.4) is 0 Å². The number of nitrogens with two attached hydrogens (primary N) is 1. The van der Waals surface area contributed by atoms with Gasteiger partial charge in [0.15, 0.2) is 5.82 Å². The van der Waals surface area contributed by atoms with E-state index in [1.54, 1.807) is 23.7 Å². The monoisotopic (exact) mass is 396 g/mol. The number of nitrogen functional groups attached to an aromatic ring is 1. The summed E-state index contributed by atoms with van der Waals surface area (Å²) in [5, 5.41) is 8.59. The number of anilines is 1. The highest BCUT2D eigenvalue weighted by molar-refractivity contribution is 6.00. The van der Waals surface area contributed by atoms with Crippen molar-refractivity contribution in [3.05, 3.63) is 96.3 Å². The Labute approximate surface area is 173 Å². The first-order valence-corrected chi connectivity index (χ1v) is 9.40. The predicted octanol–water partition coefficient (Wildman–Crippen LogP) is 3.67. The molecule has 4 aromatic rings. The summed E-state index contributed by atoms with van der Waals surface area (Å²) in [6.07, 6.45) is 0. The van der Waals surface area contributed by atoms with Crippen LogP contribution in [0.25, 0.3) is 17.1 Å². The number of hydrazone groups is 1. The van der Waals surface area contributed by atoms with Crippen molar-refractivity contribution in [2.45, 2.75) is 6.92 Å². The molecular formula is C23H20N6O. The van der Waals surface area contributed by atoms with Gasteiger partial charge in [-0.3, -0.25) is 4.79 Å². The Hall–Kier alpha value is -4.26. The van der Waals surface area contributed by atoms with Crippen LogP contribution < -0.4 is 11.2 Å². The number of hydrogen-bond acceptors (Lipinski definition) is 5. The zero-order valence-electron chi connectivity index (χ0n) is 16.4. The van der Waals surface area contributed by atoms with Gasteiger partial charge in [-0.05, 0) is 36.8 Å². The number of nitrogens with one attached hydrogen (secondary N) is 1. The number of hydrogen-bond donors (Lipinski definition) is 2. The van der Waals surface area contributed by atoms with Crippen molar-refractivity contribution in [2.75, 3.05) is 5.73 Å². The molecule has 30 heavy (non-hydrogen) atoms. The predicted molar refractivity (Wildman–Crippen MR) is 117 cm³/mol. The average Bonchev–Trinajstić information content (AvgIpc) is 3.24. The maximum atomic E-state index is 12.7. The number of amides is 1. The fourth-order valence-corrected chi connectivity index (χ4v) is 2.94. The molecule has 0 aliphatic heterocycles. The van der Waals surface area contributed by atoms with Crippen LogP contribution in [0.4, 0.5) is 5.69 Å². The van der Waals surface area contributed by atoms with E-state index in [0.717, 1.165) is 16.8 Å². The number of aromatic nitrogens is 3. The summed E-state index contributed by atoms with van der Waals surface area (Å²) in [6, 6.07) is 26.4. The van der Waals surface area contributed by atoms with Gasteiger partial charge in [0.2, 0.25) is 5.82 Å². The Morgan fingerprint density at radius 2 is 1.67 bits per heavy atom. The van der Waals surface area contributed by atoms with Gasteiger partial charge in [-0.25, -0.2) is 15.1 Å². The first kappa shape index (κ1) is 19.1. The van der Waals surface area contributed by atoms with Crippen LogP contribution in [-0.4, -0.2) is 26.4 Å². The summed E-state index contributed by atoms with van der Waals surface area (Å²) < 4.78 is 1.65. The smallest absolute Gasteiger partial charge is 0.311 e. The van der Waals surface area contributed by atoms with E-state index in [0.29, 0.717) is 17.2 Å². The van der Waals surface area contributed by atoms with Crippen LogP contribution in [0.15, 0.2) is 90.0 Å². The highest BCUT2D eigenvalue weighted by Gasteiger charge is 2.18. The van der Waals surface area contributed by atoms with Crippen LogP contribution in [0, 0.1) is 0 Å². The van der Waals surface area contributed by atoms with E-state index in [1.807, 2.05) is 72.8 Å². The van der Waals surface area contributed by atoms with Gasteiger partial charge in [-0.1, -0.05) is 60.7 Å². The SMILES string of the molecule is C/C(=N\NC(=O)c1nc(-c2ccccc2)n(-c2ccccc2)n1)c1cccc(N)c1. The molecule has 0 saturated heterocycles. The fraction of sp³-hybridized carbons (Fsp3) is 0.0435. The second kappa shape index (κ2) is 8.40. The molecule has 3 N–H and O–H groups in total. The Kier molecular flexibility index (Phi) is 5.34. The van der Waals surface area contributed by atoms with E-state index in [4.69, 9.17) is 5.73 Å². The second-order valence-electron chi connectivity index (χ2n) is 6.64. The molecule has 0 aliphatic rings. The molecule has 0 unspecified atom stereocenters. The molecular weight excluding hydrogens is 376 g/mol.